The molecule has 0 radical (unpaired) electrons. The van der Waals surface area contributed by atoms with Crippen LogP contribution in [0.2, 0.25) is 0 Å². The second-order valence-corrected chi connectivity index (χ2v) is 7.42. The molecule has 0 aromatic heterocycles. The molecule has 0 aliphatic carbocycles. The van der Waals surface area contributed by atoms with E-state index in [9.17, 15) is 0 Å². The molecule has 0 spiro atoms. The molecule has 26 heavy (non-hydrogen) atoms. The Kier molecular flexibility index (Phi) is 7.23. The number of rotatable bonds is 6. The standard InChI is InChI=1S/C21H24BrNO2S/c1-13-8-16(9-18(22)14(13)2)6-7-21(26)23-12-17-10-19(24-4)15(3)20(11-17)25-5/h6-11H,12H2,1-5H3,(H,23,26)/b7-6+. The number of methoxy groups -OCH3 is 2. The third-order valence-electron chi connectivity index (χ3n) is 4.33. The fourth-order valence-corrected chi connectivity index (χ4v) is 3.32. The predicted molar refractivity (Wildman–Crippen MR) is 116 cm³/mol. The number of thiocarbonyl (C=S) groups is 1. The van der Waals surface area contributed by atoms with Crippen LogP contribution in [-0.4, -0.2) is 19.2 Å². The highest BCUT2D eigenvalue weighted by atomic mass is 79.9. The normalized spacial score (nSPS) is 10.8. The molecule has 2 aromatic carbocycles. The first-order chi connectivity index (χ1) is 12.3. The van der Waals surface area contributed by atoms with Gasteiger partial charge in [0, 0.05) is 16.6 Å². The van der Waals surface area contributed by atoms with Crippen molar-refractivity contribution in [3.8, 4) is 11.5 Å². The van der Waals surface area contributed by atoms with Gasteiger partial charge < -0.3 is 14.8 Å². The van der Waals surface area contributed by atoms with E-state index >= 15 is 0 Å². The predicted octanol–water partition coefficient (Wildman–Crippen LogP) is 5.52. The monoisotopic (exact) mass is 433 g/mol. The van der Waals surface area contributed by atoms with Gasteiger partial charge in [-0.2, -0.15) is 0 Å². The van der Waals surface area contributed by atoms with Crippen LogP contribution in [0.1, 0.15) is 27.8 Å². The van der Waals surface area contributed by atoms with Crippen LogP contribution in [-0.2, 0) is 6.54 Å². The first kappa shape index (κ1) is 20.5. The summed E-state index contributed by atoms with van der Waals surface area (Å²) in [5.41, 5.74) is 5.65. The van der Waals surface area contributed by atoms with E-state index in [0.29, 0.717) is 11.5 Å². The summed E-state index contributed by atoms with van der Waals surface area (Å²) >= 11 is 9.01. The number of hydrogen-bond acceptors (Lipinski definition) is 3. The molecule has 0 aliphatic heterocycles. The van der Waals surface area contributed by atoms with Gasteiger partial charge in [0.25, 0.3) is 0 Å². The van der Waals surface area contributed by atoms with E-state index in [1.807, 2.05) is 31.2 Å². The van der Waals surface area contributed by atoms with Crippen molar-refractivity contribution < 1.29 is 9.47 Å². The van der Waals surface area contributed by atoms with Gasteiger partial charge in [-0.1, -0.05) is 40.3 Å². The smallest absolute Gasteiger partial charge is 0.125 e. The summed E-state index contributed by atoms with van der Waals surface area (Å²) in [5.74, 6) is 1.62. The largest absolute Gasteiger partial charge is 0.496 e. The van der Waals surface area contributed by atoms with Crippen molar-refractivity contribution in [2.45, 2.75) is 27.3 Å². The zero-order valence-corrected chi connectivity index (χ0v) is 18.2. The first-order valence-electron chi connectivity index (χ1n) is 8.30. The number of aryl methyl sites for hydroxylation is 1. The minimum atomic E-state index is 0.604. The minimum absolute atomic E-state index is 0.604. The van der Waals surface area contributed by atoms with Gasteiger partial charge in [-0.25, -0.2) is 0 Å². The Morgan fingerprint density at radius 2 is 1.65 bits per heavy atom. The highest BCUT2D eigenvalue weighted by Crippen LogP contribution is 2.29. The van der Waals surface area contributed by atoms with Gasteiger partial charge in [0.05, 0.1) is 19.2 Å². The maximum atomic E-state index is 5.42. The molecule has 0 bridgehead atoms. The lowest BCUT2D eigenvalue weighted by atomic mass is 10.1. The third-order valence-corrected chi connectivity index (χ3v) is 5.44. The number of halogens is 1. The Labute approximate surface area is 169 Å². The molecule has 3 nitrogen and oxygen atoms in total. The molecule has 2 aromatic rings. The van der Waals surface area contributed by atoms with E-state index in [1.165, 1.54) is 11.1 Å². The number of nitrogens with one attached hydrogen (secondary N) is 1. The quantitative estimate of drug-likeness (QED) is 0.479. The van der Waals surface area contributed by atoms with E-state index < -0.39 is 0 Å². The molecule has 138 valence electrons. The van der Waals surface area contributed by atoms with Gasteiger partial charge in [0.15, 0.2) is 0 Å². The molecule has 0 amide bonds. The molecule has 0 saturated heterocycles. The summed E-state index contributed by atoms with van der Waals surface area (Å²) < 4.78 is 11.9. The van der Waals surface area contributed by atoms with E-state index in [1.54, 1.807) is 14.2 Å². The lowest BCUT2D eigenvalue weighted by molar-refractivity contribution is 0.388. The van der Waals surface area contributed by atoms with Gasteiger partial charge in [-0.3, -0.25) is 0 Å². The van der Waals surface area contributed by atoms with Gasteiger partial charge in [0.1, 0.15) is 11.5 Å². The van der Waals surface area contributed by atoms with Crippen LogP contribution in [0.3, 0.4) is 0 Å². The molecular formula is C21H24BrNO2S. The fourth-order valence-electron chi connectivity index (χ4n) is 2.60. The van der Waals surface area contributed by atoms with Crippen molar-refractivity contribution in [2.75, 3.05) is 14.2 Å². The van der Waals surface area contributed by atoms with E-state index in [4.69, 9.17) is 21.7 Å². The number of benzene rings is 2. The second kappa shape index (κ2) is 9.19. The average Bonchev–Trinajstić information content (AvgIpc) is 2.63. The number of ether oxygens (including phenoxy) is 2. The van der Waals surface area contributed by atoms with E-state index in [2.05, 4.69) is 47.2 Å². The summed E-state index contributed by atoms with van der Waals surface area (Å²) in [6.07, 6.45) is 3.93. The van der Waals surface area contributed by atoms with Gasteiger partial charge in [-0.05, 0) is 67.3 Å². The molecule has 1 N–H and O–H groups in total. The van der Waals surface area contributed by atoms with E-state index in [0.717, 1.165) is 32.7 Å². The van der Waals surface area contributed by atoms with Gasteiger partial charge in [-0.15, -0.1) is 0 Å². The van der Waals surface area contributed by atoms with Crippen molar-refractivity contribution in [1.82, 2.24) is 5.32 Å². The van der Waals surface area contributed by atoms with Crippen LogP contribution in [0, 0.1) is 20.8 Å². The summed E-state index contributed by atoms with van der Waals surface area (Å²) in [6, 6.07) is 8.24. The van der Waals surface area contributed by atoms with Crippen molar-refractivity contribution in [3.63, 3.8) is 0 Å². The number of hydrogen-bond donors (Lipinski definition) is 1. The molecular weight excluding hydrogens is 410 g/mol. The summed E-state index contributed by atoms with van der Waals surface area (Å²) in [7, 11) is 3.32. The van der Waals surface area contributed by atoms with Crippen molar-refractivity contribution in [1.29, 1.82) is 0 Å². The van der Waals surface area contributed by atoms with Crippen molar-refractivity contribution in [3.05, 3.63) is 62.6 Å². The third kappa shape index (κ3) is 5.08. The Bertz CT molecular complexity index is 798. The summed E-state index contributed by atoms with van der Waals surface area (Å²) in [5, 5.41) is 3.25. The lowest BCUT2D eigenvalue weighted by Crippen LogP contribution is -2.18. The SMILES string of the molecule is COc1cc(CNC(=S)/C=C/c2cc(C)c(C)c(Br)c2)cc(OC)c1C. The van der Waals surface area contributed by atoms with Crippen LogP contribution in [0.25, 0.3) is 6.08 Å². The second-order valence-electron chi connectivity index (χ2n) is 6.12. The highest BCUT2D eigenvalue weighted by molar-refractivity contribution is 9.10. The molecule has 2 rings (SSSR count). The van der Waals surface area contributed by atoms with Crippen LogP contribution >= 0.6 is 28.1 Å². The fraction of sp³-hybridized carbons (Fsp3) is 0.286. The van der Waals surface area contributed by atoms with Crippen LogP contribution in [0.5, 0.6) is 11.5 Å². The Morgan fingerprint density at radius 3 is 2.19 bits per heavy atom. The molecule has 0 saturated carbocycles. The van der Waals surface area contributed by atoms with Crippen molar-refractivity contribution >= 4 is 39.2 Å². The molecule has 0 unspecified atom stereocenters. The maximum Gasteiger partial charge on any atom is 0.125 e. The summed E-state index contributed by atoms with van der Waals surface area (Å²) in [6.45, 7) is 6.78. The molecule has 0 atom stereocenters. The zero-order chi connectivity index (χ0) is 19.3. The first-order valence-corrected chi connectivity index (χ1v) is 9.50. The molecule has 0 fully saturated rings. The molecule has 0 aliphatic rings. The zero-order valence-electron chi connectivity index (χ0n) is 15.8. The van der Waals surface area contributed by atoms with Crippen molar-refractivity contribution in [2.24, 2.45) is 0 Å². The van der Waals surface area contributed by atoms with Crippen LogP contribution < -0.4 is 14.8 Å². The Hall–Kier alpha value is -1.85. The average molecular weight is 434 g/mol. The maximum absolute atomic E-state index is 5.42. The van der Waals surface area contributed by atoms with E-state index in [-0.39, 0.29) is 0 Å². The minimum Gasteiger partial charge on any atom is -0.496 e. The molecule has 0 heterocycles. The van der Waals surface area contributed by atoms with Crippen LogP contribution in [0.4, 0.5) is 0 Å². The molecule has 5 heteroatoms. The summed E-state index contributed by atoms with van der Waals surface area (Å²) in [4.78, 5) is 0.679. The van der Waals surface area contributed by atoms with Gasteiger partial charge >= 0.3 is 0 Å². The highest BCUT2D eigenvalue weighted by Gasteiger charge is 2.08. The topological polar surface area (TPSA) is 30.5 Å². The van der Waals surface area contributed by atoms with Crippen LogP contribution in [0.15, 0.2) is 34.8 Å². The van der Waals surface area contributed by atoms with Gasteiger partial charge in [0.2, 0.25) is 0 Å². The Morgan fingerprint density at radius 1 is 1.04 bits per heavy atom. The lowest BCUT2D eigenvalue weighted by Gasteiger charge is -2.13. The Balaban J connectivity index is 2.05.